The predicted octanol–water partition coefficient (Wildman–Crippen LogP) is 3.33. The first kappa shape index (κ1) is 15.5. The SMILES string of the molecule is CCCc1nc(Cl)cc(N(CCOC)C(C)C2CC2)n1. The van der Waals surface area contributed by atoms with Crippen molar-refractivity contribution in [1.29, 1.82) is 0 Å². The van der Waals surface area contributed by atoms with Gasteiger partial charge in [0.05, 0.1) is 6.61 Å². The topological polar surface area (TPSA) is 38.2 Å². The number of hydrogen-bond donors (Lipinski definition) is 0. The lowest BCUT2D eigenvalue weighted by molar-refractivity contribution is 0.202. The van der Waals surface area contributed by atoms with Gasteiger partial charge >= 0.3 is 0 Å². The maximum Gasteiger partial charge on any atom is 0.134 e. The van der Waals surface area contributed by atoms with Crippen LogP contribution in [0.4, 0.5) is 5.82 Å². The summed E-state index contributed by atoms with van der Waals surface area (Å²) in [5.41, 5.74) is 0. The molecule has 0 aliphatic heterocycles. The maximum atomic E-state index is 6.15. The fraction of sp³-hybridized carbons (Fsp3) is 0.733. The van der Waals surface area contributed by atoms with Gasteiger partial charge in [-0.1, -0.05) is 18.5 Å². The van der Waals surface area contributed by atoms with Crippen molar-refractivity contribution in [3.63, 3.8) is 0 Å². The molecule has 4 nitrogen and oxygen atoms in total. The molecule has 0 bridgehead atoms. The molecule has 112 valence electrons. The molecular weight excluding hydrogens is 274 g/mol. The summed E-state index contributed by atoms with van der Waals surface area (Å²) in [5, 5.41) is 0.531. The quantitative estimate of drug-likeness (QED) is 0.690. The van der Waals surface area contributed by atoms with E-state index in [9.17, 15) is 0 Å². The second kappa shape index (κ2) is 7.23. The molecule has 0 aromatic carbocycles. The Labute approximate surface area is 126 Å². The molecule has 0 spiro atoms. The van der Waals surface area contributed by atoms with Crippen molar-refractivity contribution in [2.24, 2.45) is 5.92 Å². The van der Waals surface area contributed by atoms with Crippen LogP contribution in [0.1, 0.15) is 38.9 Å². The van der Waals surface area contributed by atoms with Crippen LogP contribution < -0.4 is 4.90 Å². The number of methoxy groups -OCH3 is 1. The summed E-state index contributed by atoms with van der Waals surface area (Å²) in [6.07, 6.45) is 4.51. The van der Waals surface area contributed by atoms with Gasteiger partial charge in [-0.15, -0.1) is 0 Å². The predicted molar refractivity (Wildman–Crippen MR) is 82.4 cm³/mol. The zero-order valence-corrected chi connectivity index (χ0v) is 13.4. The summed E-state index contributed by atoms with van der Waals surface area (Å²) in [6.45, 7) is 5.93. The van der Waals surface area contributed by atoms with E-state index < -0.39 is 0 Å². The maximum absolute atomic E-state index is 6.15. The molecule has 5 heteroatoms. The van der Waals surface area contributed by atoms with Gasteiger partial charge in [-0.25, -0.2) is 9.97 Å². The number of ether oxygens (including phenoxy) is 1. The Bertz CT molecular complexity index is 437. The van der Waals surface area contributed by atoms with Gasteiger partial charge in [-0.2, -0.15) is 0 Å². The van der Waals surface area contributed by atoms with Crippen LogP contribution in [0.3, 0.4) is 0 Å². The van der Waals surface area contributed by atoms with Gasteiger partial charge in [0.25, 0.3) is 0 Å². The molecule has 1 unspecified atom stereocenters. The van der Waals surface area contributed by atoms with Crippen molar-refractivity contribution >= 4 is 17.4 Å². The summed E-state index contributed by atoms with van der Waals surface area (Å²) in [7, 11) is 1.73. The molecule has 1 heterocycles. The molecule has 0 N–H and O–H groups in total. The molecule has 1 fully saturated rings. The molecule has 1 aromatic rings. The third-order valence-electron chi connectivity index (χ3n) is 3.83. The van der Waals surface area contributed by atoms with Crippen LogP contribution in [0.25, 0.3) is 0 Å². The molecule has 1 saturated carbocycles. The summed E-state index contributed by atoms with van der Waals surface area (Å²) in [4.78, 5) is 11.3. The monoisotopic (exact) mass is 297 g/mol. The largest absolute Gasteiger partial charge is 0.383 e. The molecule has 0 saturated heterocycles. The fourth-order valence-corrected chi connectivity index (χ4v) is 2.68. The average Bonchev–Trinajstić information content (AvgIpc) is 3.23. The second-order valence-electron chi connectivity index (χ2n) is 5.48. The van der Waals surface area contributed by atoms with Crippen molar-refractivity contribution in [3.8, 4) is 0 Å². The Morgan fingerprint density at radius 2 is 2.20 bits per heavy atom. The van der Waals surface area contributed by atoms with Crippen LogP contribution in [0.2, 0.25) is 5.15 Å². The zero-order chi connectivity index (χ0) is 14.5. The molecule has 0 radical (unpaired) electrons. The molecule has 1 aliphatic rings. The van der Waals surface area contributed by atoms with Gasteiger partial charge in [0.1, 0.15) is 16.8 Å². The standard InChI is InChI=1S/C15H24ClN3O/c1-4-5-14-17-13(16)10-15(18-14)19(8-9-20-3)11(2)12-6-7-12/h10-12H,4-9H2,1-3H3. The molecular formula is C15H24ClN3O. The van der Waals surface area contributed by atoms with Crippen LogP contribution in [0, 0.1) is 5.92 Å². The Morgan fingerprint density at radius 1 is 1.45 bits per heavy atom. The summed E-state index contributed by atoms with van der Waals surface area (Å²) in [5.74, 6) is 2.54. The normalized spacial score (nSPS) is 16.2. The van der Waals surface area contributed by atoms with Crippen molar-refractivity contribution in [3.05, 3.63) is 17.0 Å². The van der Waals surface area contributed by atoms with Crippen molar-refractivity contribution < 1.29 is 4.74 Å². The highest BCUT2D eigenvalue weighted by atomic mass is 35.5. The molecule has 0 amide bonds. The molecule has 1 aliphatic carbocycles. The van der Waals surface area contributed by atoms with E-state index in [0.29, 0.717) is 17.8 Å². The molecule has 1 aromatic heterocycles. The second-order valence-corrected chi connectivity index (χ2v) is 5.87. The number of hydrogen-bond acceptors (Lipinski definition) is 4. The van der Waals surface area contributed by atoms with Gasteiger partial charge in [0, 0.05) is 32.2 Å². The first-order valence-corrected chi connectivity index (χ1v) is 7.82. The fourth-order valence-electron chi connectivity index (χ4n) is 2.48. The van der Waals surface area contributed by atoms with Gasteiger partial charge in [-0.3, -0.25) is 0 Å². The highest BCUT2D eigenvalue weighted by Crippen LogP contribution is 2.36. The van der Waals surface area contributed by atoms with E-state index in [0.717, 1.165) is 36.9 Å². The third-order valence-corrected chi connectivity index (χ3v) is 4.02. The lowest BCUT2D eigenvalue weighted by atomic mass is 10.2. The van der Waals surface area contributed by atoms with Crippen LogP contribution in [0.15, 0.2) is 6.07 Å². The third kappa shape index (κ3) is 4.06. The van der Waals surface area contributed by atoms with Gasteiger partial charge in [0.2, 0.25) is 0 Å². The van der Waals surface area contributed by atoms with Gasteiger partial charge in [-0.05, 0) is 32.1 Å². The summed E-state index contributed by atoms with van der Waals surface area (Å²) in [6, 6.07) is 2.35. The number of nitrogens with zero attached hydrogens (tertiary/aromatic N) is 3. The summed E-state index contributed by atoms with van der Waals surface area (Å²) >= 11 is 6.15. The van der Waals surface area contributed by atoms with E-state index in [-0.39, 0.29) is 0 Å². The van der Waals surface area contributed by atoms with E-state index in [1.165, 1.54) is 12.8 Å². The van der Waals surface area contributed by atoms with Crippen LogP contribution >= 0.6 is 11.6 Å². The van der Waals surface area contributed by atoms with E-state index in [4.69, 9.17) is 16.3 Å². The lowest BCUT2D eigenvalue weighted by Gasteiger charge is -2.30. The molecule has 20 heavy (non-hydrogen) atoms. The number of anilines is 1. The Balaban J connectivity index is 2.21. The lowest BCUT2D eigenvalue weighted by Crippen LogP contribution is -2.38. The van der Waals surface area contributed by atoms with E-state index >= 15 is 0 Å². The van der Waals surface area contributed by atoms with Crippen LogP contribution in [0.5, 0.6) is 0 Å². The number of aromatic nitrogens is 2. The highest BCUT2D eigenvalue weighted by molar-refractivity contribution is 6.29. The van der Waals surface area contributed by atoms with E-state index in [2.05, 4.69) is 28.7 Å². The van der Waals surface area contributed by atoms with Crippen LogP contribution in [-0.4, -0.2) is 36.3 Å². The minimum Gasteiger partial charge on any atom is -0.383 e. The van der Waals surface area contributed by atoms with Crippen molar-refractivity contribution in [2.75, 3.05) is 25.2 Å². The smallest absolute Gasteiger partial charge is 0.134 e. The average molecular weight is 298 g/mol. The Hall–Kier alpha value is -0.870. The zero-order valence-electron chi connectivity index (χ0n) is 12.6. The minimum absolute atomic E-state index is 0.477. The Kier molecular flexibility index (Phi) is 5.61. The number of halogens is 1. The van der Waals surface area contributed by atoms with Crippen molar-refractivity contribution in [1.82, 2.24) is 9.97 Å². The first-order valence-electron chi connectivity index (χ1n) is 7.44. The van der Waals surface area contributed by atoms with E-state index in [1.54, 1.807) is 7.11 Å². The molecule has 2 rings (SSSR count). The van der Waals surface area contributed by atoms with Gasteiger partial charge < -0.3 is 9.64 Å². The van der Waals surface area contributed by atoms with E-state index in [1.807, 2.05) is 6.07 Å². The molecule has 1 atom stereocenters. The number of aryl methyl sites for hydroxylation is 1. The minimum atomic E-state index is 0.477. The first-order chi connectivity index (χ1) is 9.65. The summed E-state index contributed by atoms with van der Waals surface area (Å²) < 4.78 is 5.23. The van der Waals surface area contributed by atoms with Gasteiger partial charge in [0.15, 0.2) is 0 Å². The van der Waals surface area contributed by atoms with Crippen LogP contribution in [-0.2, 0) is 11.2 Å². The number of rotatable bonds is 8. The highest BCUT2D eigenvalue weighted by Gasteiger charge is 2.32. The Morgan fingerprint density at radius 3 is 2.80 bits per heavy atom. The van der Waals surface area contributed by atoms with Crippen molar-refractivity contribution in [2.45, 2.75) is 45.6 Å².